The Morgan fingerprint density at radius 1 is 0.514 bits per heavy atom. The van der Waals surface area contributed by atoms with E-state index in [9.17, 15) is 10.2 Å². The van der Waals surface area contributed by atoms with E-state index in [4.69, 9.17) is 49.1 Å². The maximum absolute atomic E-state index is 9.63. The fourth-order valence-corrected chi connectivity index (χ4v) is 11.8. The van der Waals surface area contributed by atoms with Crippen molar-refractivity contribution in [2.45, 2.75) is 115 Å². The molecule has 6 saturated heterocycles. The van der Waals surface area contributed by atoms with Crippen LogP contribution in [0.4, 0.5) is 11.6 Å². The number of anilines is 2. The number of aliphatic hydroxyl groups excluding tert-OH is 2. The molecule has 2 aromatic carbocycles. The first-order valence-corrected chi connectivity index (χ1v) is 26.3. The van der Waals surface area contributed by atoms with Gasteiger partial charge in [0.05, 0.1) is 113 Å². The third-order valence-corrected chi connectivity index (χ3v) is 16.2. The van der Waals surface area contributed by atoms with Gasteiger partial charge in [-0.1, -0.05) is 0 Å². The summed E-state index contributed by atoms with van der Waals surface area (Å²) in [5.41, 5.74) is 7.68. The van der Waals surface area contributed by atoms with Crippen molar-refractivity contribution < 1.29 is 29.2 Å². The van der Waals surface area contributed by atoms with Gasteiger partial charge >= 0.3 is 0 Å². The van der Waals surface area contributed by atoms with Crippen LogP contribution < -0.4 is 9.80 Å². The Morgan fingerprint density at radius 3 is 1.26 bits per heavy atom. The Kier molecular flexibility index (Phi) is 14.3. The predicted molar refractivity (Wildman–Crippen MR) is 276 cm³/mol. The van der Waals surface area contributed by atoms with Gasteiger partial charge < -0.3 is 39.0 Å². The van der Waals surface area contributed by atoms with Gasteiger partial charge in [0.2, 0.25) is 0 Å². The number of hydrogen-bond acceptors (Lipinski definition) is 16. The highest BCUT2D eigenvalue weighted by Crippen LogP contribution is 2.37. The molecule has 4 aromatic heterocycles. The van der Waals surface area contributed by atoms with Crippen LogP contribution in [0.5, 0.6) is 0 Å². The molecule has 2 N–H and O–H groups in total. The molecular weight excluding hydrogens is 913 g/mol. The number of piperidine rings is 2. The Balaban J connectivity index is 0.000000156. The monoisotopic (exact) mass is 985 g/mol. The van der Waals surface area contributed by atoms with Crippen molar-refractivity contribution in [3.05, 3.63) is 82.7 Å². The summed E-state index contributed by atoms with van der Waals surface area (Å²) in [4.78, 5) is 28.6. The molecule has 6 aliphatic heterocycles. The summed E-state index contributed by atoms with van der Waals surface area (Å²) in [5, 5.41) is 31.0. The molecule has 0 spiro atoms. The summed E-state index contributed by atoms with van der Waals surface area (Å²) >= 11 is 0. The van der Waals surface area contributed by atoms with Crippen LogP contribution in [-0.2, 0) is 18.9 Å². The Morgan fingerprint density at radius 2 is 0.903 bits per heavy atom. The topological polar surface area (TPSA) is 178 Å². The number of aromatic nitrogens is 8. The van der Waals surface area contributed by atoms with E-state index in [0.29, 0.717) is 61.9 Å². The molecule has 6 fully saturated rings. The van der Waals surface area contributed by atoms with Crippen molar-refractivity contribution in [3.63, 3.8) is 0 Å². The van der Waals surface area contributed by atoms with Crippen LogP contribution in [0, 0.1) is 27.7 Å². The zero-order chi connectivity index (χ0) is 49.6. The number of morpholine rings is 2. The minimum atomic E-state index is -0.209. The second-order valence-electron chi connectivity index (χ2n) is 21.2. The molecule has 0 saturated carbocycles. The molecule has 18 nitrogen and oxygen atoms in total. The van der Waals surface area contributed by atoms with Crippen molar-refractivity contribution in [1.29, 1.82) is 0 Å². The summed E-state index contributed by atoms with van der Waals surface area (Å²) in [6.07, 6.45) is 8.15. The van der Waals surface area contributed by atoms with Gasteiger partial charge in [-0.25, -0.2) is 29.3 Å². The Hall–Kier alpha value is -5.18. The summed E-state index contributed by atoms with van der Waals surface area (Å²) in [7, 11) is 0. The van der Waals surface area contributed by atoms with Crippen molar-refractivity contribution >= 4 is 33.4 Å². The molecule has 4 unspecified atom stereocenters. The number of aliphatic hydroxyl groups is 2. The molecule has 12 rings (SSSR count). The van der Waals surface area contributed by atoms with Gasteiger partial charge in [-0.3, -0.25) is 9.80 Å². The lowest BCUT2D eigenvalue weighted by Crippen LogP contribution is -2.51. The van der Waals surface area contributed by atoms with Crippen LogP contribution >= 0.6 is 0 Å². The van der Waals surface area contributed by atoms with E-state index in [1.54, 1.807) is 0 Å². The van der Waals surface area contributed by atoms with E-state index in [2.05, 4.69) is 71.6 Å². The Labute approximate surface area is 422 Å². The molecule has 0 radical (unpaired) electrons. The van der Waals surface area contributed by atoms with E-state index in [1.165, 1.54) is 47.9 Å². The molecule has 6 aliphatic rings. The molecule has 18 heteroatoms. The van der Waals surface area contributed by atoms with Gasteiger partial charge in [0, 0.05) is 36.0 Å². The molecule has 0 amide bonds. The number of fused-ring (bicyclic) bond motifs is 2. The summed E-state index contributed by atoms with van der Waals surface area (Å²) < 4.78 is 26.2. The molecule has 72 heavy (non-hydrogen) atoms. The van der Waals surface area contributed by atoms with E-state index in [-0.39, 0.29) is 37.5 Å². The van der Waals surface area contributed by atoms with Crippen molar-refractivity contribution in [2.24, 2.45) is 0 Å². The van der Waals surface area contributed by atoms with Gasteiger partial charge in [-0.05, 0) is 152 Å². The fourth-order valence-electron chi connectivity index (χ4n) is 11.8. The smallest absolute Gasteiger partial charge is 0.159 e. The highest BCUT2D eigenvalue weighted by Gasteiger charge is 2.34. The first-order chi connectivity index (χ1) is 35.0. The van der Waals surface area contributed by atoms with Gasteiger partial charge in [-0.2, -0.15) is 10.2 Å². The number of likely N-dealkylation sites (tertiary alicyclic amines) is 2. The maximum Gasteiger partial charge on any atom is 0.159 e. The SMILES string of the molecule is Cc1nc(N2CC(CO)OCC2C)cc(-n2ncc3cc(C)c(C4CCN(C5COC5)CC4)cc32)n1.Cc1nc(N2CC(CO)OCC2C)cc(-n2ncc3cc(C)c(C4CCN(C5COC5)CC4)cc32)n1. The lowest BCUT2D eigenvalue weighted by atomic mass is 9.85. The number of benzene rings is 2. The summed E-state index contributed by atoms with van der Waals surface area (Å²) in [6.45, 7) is 22.9. The van der Waals surface area contributed by atoms with Gasteiger partial charge in [0.1, 0.15) is 23.3 Å². The standard InChI is InChI=1S/2C27H36N6O3/c2*1-17-8-21-11-28-33(25(21)9-24(17)20-4-6-31(7-5-20)22-15-35-16-22)27-10-26(29-19(3)30-27)32-12-23(13-34)36-14-18(32)2/h2*8-11,18,20,22-23,34H,4-7,12-16H2,1-3H3. The van der Waals surface area contributed by atoms with Gasteiger partial charge in [0.25, 0.3) is 0 Å². The number of hydrogen-bond donors (Lipinski definition) is 2. The van der Waals surface area contributed by atoms with Crippen LogP contribution in [-0.4, -0.2) is 188 Å². The number of ether oxygens (including phenoxy) is 4. The lowest BCUT2D eigenvalue weighted by Gasteiger charge is -2.41. The highest BCUT2D eigenvalue weighted by molar-refractivity contribution is 5.83. The van der Waals surface area contributed by atoms with Gasteiger partial charge in [0.15, 0.2) is 11.6 Å². The maximum atomic E-state index is 9.63. The molecule has 4 atom stereocenters. The second-order valence-corrected chi connectivity index (χ2v) is 21.2. The van der Waals surface area contributed by atoms with Crippen LogP contribution in [0.3, 0.4) is 0 Å². The molecule has 0 aliphatic carbocycles. The van der Waals surface area contributed by atoms with Crippen molar-refractivity contribution in [1.82, 2.24) is 49.3 Å². The zero-order valence-corrected chi connectivity index (χ0v) is 42.9. The zero-order valence-electron chi connectivity index (χ0n) is 42.9. The van der Waals surface area contributed by atoms with Gasteiger partial charge in [-0.15, -0.1) is 0 Å². The van der Waals surface area contributed by atoms with Crippen LogP contribution in [0.1, 0.15) is 85.3 Å². The minimum absolute atomic E-state index is 0.000570. The first-order valence-electron chi connectivity index (χ1n) is 26.3. The lowest BCUT2D eigenvalue weighted by molar-refractivity contribution is -0.0712. The largest absolute Gasteiger partial charge is 0.394 e. The van der Waals surface area contributed by atoms with Crippen molar-refractivity contribution in [3.8, 4) is 11.6 Å². The molecule has 6 aromatic rings. The molecular formula is C54H72N12O6. The summed E-state index contributed by atoms with van der Waals surface area (Å²) in [5.74, 6) is 5.73. The highest BCUT2D eigenvalue weighted by atomic mass is 16.5. The normalized spacial score (nSPS) is 24.4. The average Bonchev–Trinajstić information content (AvgIpc) is 3.96. The second kappa shape index (κ2) is 21.0. The molecule has 384 valence electrons. The van der Waals surface area contributed by atoms with E-state index < -0.39 is 0 Å². The molecule has 10 heterocycles. The fraction of sp³-hybridized carbons (Fsp3) is 0.593. The van der Waals surface area contributed by atoms with E-state index in [0.717, 1.165) is 97.7 Å². The van der Waals surface area contributed by atoms with Crippen LogP contribution in [0.15, 0.2) is 48.8 Å². The quantitative estimate of drug-likeness (QED) is 0.183. The first kappa shape index (κ1) is 49.1. The number of nitrogens with zero attached hydrogens (tertiary/aromatic N) is 12. The van der Waals surface area contributed by atoms with E-state index >= 15 is 0 Å². The summed E-state index contributed by atoms with van der Waals surface area (Å²) in [6, 6.07) is 14.8. The number of rotatable bonds is 10. The van der Waals surface area contributed by atoms with Crippen molar-refractivity contribution in [2.75, 3.05) is 102 Å². The van der Waals surface area contributed by atoms with Crippen LogP contribution in [0.2, 0.25) is 0 Å². The Bertz CT molecular complexity index is 2660. The molecule has 0 bridgehead atoms. The van der Waals surface area contributed by atoms with Crippen LogP contribution in [0.25, 0.3) is 33.4 Å². The number of aryl methyl sites for hydroxylation is 4. The average molecular weight is 985 g/mol. The predicted octanol–water partition coefficient (Wildman–Crippen LogP) is 5.19. The van der Waals surface area contributed by atoms with E-state index in [1.807, 2.05) is 47.7 Å². The minimum Gasteiger partial charge on any atom is -0.394 e. The third kappa shape index (κ3) is 9.96. The third-order valence-electron chi connectivity index (χ3n) is 16.2.